The number of carbonyl (C=O) groups is 1. The Kier molecular flexibility index (Phi) is 5.61. The van der Waals surface area contributed by atoms with Gasteiger partial charge in [-0.1, -0.05) is 40.2 Å². The van der Waals surface area contributed by atoms with Crippen molar-refractivity contribution in [3.63, 3.8) is 0 Å². The van der Waals surface area contributed by atoms with E-state index in [1.807, 2.05) is 62.4 Å². The maximum Gasteiger partial charge on any atom is 0.329 e. The van der Waals surface area contributed by atoms with Crippen molar-refractivity contribution >= 4 is 32.9 Å². The van der Waals surface area contributed by atoms with E-state index in [0.29, 0.717) is 13.1 Å². The van der Waals surface area contributed by atoms with Crippen LogP contribution in [0.4, 0.5) is 0 Å². The first-order valence-corrected chi connectivity index (χ1v) is 9.53. The number of para-hydroxylation sites is 2. The van der Waals surface area contributed by atoms with Gasteiger partial charge in [-0.15, -0.1) is 0 Å². The summed E-state index contributed by atoms with van der Waals surface area (Å²) < 4.78 is 4.42. The summed E-state index contributed by atoms with van der Waals surface area (Å²) in [4.78, 5) is 24.9. The number of fused-ring (bicyclic) bond motifs is 1. The molecule has 1 aromatic heterocycles. The first kappa shape index (κ1) is 18.5. The van der Waals surface area contributed by atoms with Crippen LogP contribution in [0.3, 0.4) is 0 Å². The number of aromatic nitrogens is 2. The molecular formula is C20H22BrN3O2. The second-order valence-corrected chi connectivity index (χ2v) is 7.17. The van der Waals surface area contributed by atoms with Crippen LogP contribution in [0.2, 0.25) is 0 Å². The van der Waals surface area contributed by atoms with Crippen molar-refractivity contribution in [2.45, 2.75) is 39.4 Å². The van der Waals surface area contributed by atoms with Crippen molar-refractivity contribution in [3.05, 3.63) is 69.1 Å². The average molecular weight is 416 g/mol. The number of amides is 1. The molecule has 5 nitrogen and oxygen atoms in total. The molecule has 3 rings (SSSR count). The van der Waals surface area contributed by atoms with Crippen molar-refractivity contribution in [1.29, 1.82) is 0 Å². The molecule has 0 aliphatic rings. The normalized spacial score (nSPS) is 12.3. The molecule has 0 saturated heterocycles. The van der Waals surface area contributed by atoms with Crippen molar-refractivity contribution in [2.75, 3.05) is 0 Å². The lowest BCUT2D eigenvalue weighted by molar-refractivity contribution is -0.121. The third kappa shape index (κ3) is 3.75. The van der Waals surface area contributed by atoms with Crippen LogP contribution >= 0.6 is 15.9 Å². The topological polar surface area (TPSA) is 56.0 Å². The van der Waals surface area contributed by atoms with E-state index in [0.717, 1.165) is 21.1 Å². The van der Waals surface area contributed by atoms with Crippen LogP contribution in [0.15, 0.2) is 57.8 Å². The number of nitrogens with one attached hydrogen (secondary N) is 1. The third-order valence-electron chi connectivity index (χ3n) is 4.55. The number of imidazole rings is 1. The summed E-state index contributed by atoms with van der Waals surface area (Å²) in [5.41, 5.74) is 2.75. The highest BCUT2D eigenvalue weighted by Crippen LogP contribution is 2.17. The zero-order valence-electron chi connectivity index (χ0n) is 14.9. The molecule has 0 saturated carbocycles. The number of benzene rings is 2. The SMILES string of the molecule is CCn1c(=O)n(CCC(=O)NC(C)c2ccc(Br)cc2)c2ccccc21. The molecule has 26 heavy (non-hydrogen) atoms. The zero-order chi connectivity index (χ0) is 18.7. The molecule has 1 heterocycles. The van der Waals surface area contributed by atoms with Gasteiger partial charge in [0, 0.05) is 24.0 Å². The van der Waals surface area contributed by atoms with E-state index < -0.39 is 0 Å². The van der Waals surface area contributed by atoms with Crippen molar-refractivity contribution in [1.82, 2.24) is 14.5 Å². The van der Waals surface area contributed by atoms with Gasteiger partial charge in [0.25, 0.3) is 0 Å². The monoisotopic (exact) mass is 415 g/mol. The number of nitrogens with zero attached hydrogens (tertiary/aromatic N) is 2. The predicted octanol–water partition coefficient (Wildman–Crippen LogP) is 3.85. The van der Waals surface area contributed by atoms with Gasteiger partial charge in [0.15, 0.2) is 0 Å². The maximum absolute atomic E-state index is 12.6. The number of hydrogen-bond acceptors (Lipinski definition) is 2. The highest BCUT2D eigenvalue weighted by Gasteiger charge is 2.14. The molecule has 1 unspecified atom stereocenters. The summed E-state index contributed by atoms with van der Waals surface area (Å²) in [6.07, 6.45) is 0.262. The Hall–Kier alpha value is -2.34. The fraction of sp³-hybridized carbons (Fsp3) is 0.300. The molecule has 0 aliphatic carbocycles. The second-order valence-electron chi connectivity index (χ2n) is 6.26. The molecule has 3 aromatic rings. The summed E-state index contributed by atoms with van der Waals surface area (Å²) >= 11 is 3.41. The fourth-order valence-electron chi connectivity index (χ4n) is 3.16. The van der Waals surface area contributed by atoms with Gasteiger partial charge in [-0.3, -0.25) is 13.9 Å². The second kappa shape index (κ2) is 7.91. The minimum Gasteiger partial charge on any atom is -0.350 e. The van der Waals surface area contributed by atoms with E-state index in [-0.39, 0.29) is 24.1 Å². The molecule has 6 heteroatoms. The number of hydrogen-bond donors (Lipinski definition) is 1. The highest BCUT2D eigenvalue weighted by molar-refractivity contribution is 9.10. The third-order valence-corrected chi connectivity index (χ3v) is 5.08. The number of carbonyl (C=O) groups excluding carboxylic acids is 1. The van der Waals surface area contributed by atoms with E-state index >= 15 is 0 Å². The molecule has 0 radical (unpaired) electrons. The van der Waals surface area contributed by atoms with E-state index in [4.69, 9.17) is 0 Å². The lowest BCUT2D eigenvalue weighted by Gasteiger charge is -2.14. The molecule has 1 N–H and O–H groups in total. The predicted molar refractivity (Wildman–Crippen MR) is 107 cm³/mol. The molecule has 2 aromatic carbocycles. The fourth-order valence-corrected chi connectivity index (χ4v) is 3.42. The summed E-state index contributed by atoms with van der Waals surface area (Å²) in [5.74, 6) is -0.0688. The van der Waals surface area contributed by atoms with Crippen LogP contribution in [0.25, 0.3) is 11.0 Å². The lowest BCUT2D eigenvalue weighted by Crippen LogP contribution is -2.30. The molecule has 0 aliphatic heterocycles. The molecule has 1 atom stereocenters. The Labute approximate surface area is 160 Å². The van der Waals surface area contributed by atoms with Gasteiger partial charge in [-0.05, 0) is 43.7 Å². The molecule has 0 fully saturated rings. The van der Waals surface area contributed by atoms with Gasteiger partial charge in [0.1, 0.15) is 0 Å². The van der Waals surface area contributed by atoms with Gasteiger partial charge in [-0.25, -0.2) is 4.79 Å². The van der Waals surface area contributed by atoms with Gasteiger partial charge in [0.2, 0.25) is 5.91 Å². The Morgan fingerprint density at radius 2 is 1.69 bits per heavy atom. The minimum atomic E-state index is -0.0793. The summed E-state index contributed by atoms with van der Waals surface area (Å²) in [7, 11) is 0. The summed E-state index contributed by atoms with van der Waals surface area (Å²) in [6.45, 7) is 4.88. The summed E-state index contributed by atoms with van der Waals surface area (Å²) in [6, 6.07) is 15.5. The van der Waals surface area contributed by atoms with Crippen molar-refractivity contribution in [3.8, 4) is 0 Å². The van der Waals surface area contributed by atoms with Gasteiger partial charge in [-0.2, -0.15) is 0 Å². The number of aryl methyl sites for hydroxylation is 2. The van der Waals surface area contributed by atoms with E-state index in [1.54, 1.807) is 9.13 Å². The molecule has 136 valence electrons. The highest BCUT2D eigenvalue weighted by atomic mass is 79.9. The van der Waals surface area contributed by atoms with E-state index in [1.165, 1.54) is 0 Å². The van der Waals surface area contributed by atoms with Crippen molar-refractivity contribution < 1.29 is 4.79 Å². The van der Waals surface area contributed by atoms with Gasteiger partial charge >= 0.3 is 5.69 Å². The largest absolute Gasteiger partial charge is 0.350 e. The van der Waals surface area contributed by atoms with Crippen LogP contribution in [-0.4, -0.2) is 15.0 Å². The molecule has 0 spiro atoms. The van der Waals surface area contributed by atoms with Crippen molar-refractivity contribution in [2.24, 2.45) is 0 Å². The zero-order valence-corrected chi connectivity index (χ0v) is 16.5. The van der Waals surface area contributed by atoms with Gasteiger partial charge in [0.05, 0.1) is 17.1 Å². The Morgan fingerprint density at radius 1 is 1.08 bits per heavy atom. The van der Waals surface area contributed by atoms with E-state index in [2.05, 4.69) is 21.2 Å². The molecular weight excluding hydrogens is 394 g/mol. The Balaban J connectivity index is 1.70. The lowest BCUT2D eigenvalue weighted by atomic mass is 10.1. The van der Waals surface area contributed by atoms with E-state index in [9.17, 15) is 9.59 Å². The van der Waals surface area contributed by atoms with Crippen LogP contribution in [0.5, 0.6) is 0 Å². The molecule has 0 bridgehead atoms. The first-order valence-electron chi connectivity index (χ1n) is 8.74. The standard InChI is InChI=1S/C20H22BrN3O2/c1-3-23-17-6-4-5-7-18(17)24(20(23)26)13-12-19(25)22-14(2)15-8-10-16(21)11-9-15/h4-11,14H,3,12-13H2,1-2H3,(H,22,25). The Bertz CT molecular complexity index is 973. The smallest absolute Gasteiger partial charge is 0.329 e. The summed E-state index contributed by atoms with van der Waals surface area (Å²) in [5, 5.41) is 3.00. The number of rotatable bonds is 6. The quantitative estimate of drug-likeness (QED) is 0.664. The van der Waals surface area contributed by atoms with Crippen LogP contribution in [-0.2, 0) is 17.9 Å². The maximum atomic E-state index is 12.6. The Morgan fingerprint density at radius 3 is 2.31 bits per heavy atom. The average Bonchev–Trinajstić information content (AvgIpc) is 2.91. The minimum absolute atomic E-state index is 0.0672. The molecule has 1 amide bonds. The number of halogens is 1. The van der Waals surface area contributed by atoms with Crippen LogP contribution in [0.1, 0.15) is 31.9 Å². The van der Waals surface area contributed by atoms with Gasteiger partial charge < -0.3 is 5.32 Å². The van der Waals surface area contributed by atoms with Crippen LogP contribution < -0.4 is 11.0 Å². The first-order chi connectivity index (χ1) is 12.5. The van der Waals surface area contributed by atoms with Crippen LogP contribution in [0, 0.1) is 0 Å².